The van der Waals surface area contributed by atoms with Crippen molar-refractivity contribution >= 4 is 29.2 Å². The van der Waals surface area contributed by atoms with Crippen LogP contribution in [0, 0.1) is 10.1 Å². The fourth-order valence-electron chi connectivity index (χ4n) is 3.15. The largest absolute Gasteiger partial charge is 0.486 e. The van der Waals surface area contributed by atoms with E-state index in [1.54, 1.807) is 19.9 Å². The second-order valence-electron chi connectivity index (χ2n) is 7.07. The van der Waals surface area contributed by atoms with Crippen LogP contribution in [-0.2, 0) is 9.53 Å². The minimum absolute atomic E-state index is 0.162. The van der Waals surface area contributed by atoms with Crippen LogP contribution >= 0.6 is 11.6 Å². The van der Waals surface area contributed by atoms with E-state index in [0.717, 1.165) is 0 Å². The fourth-order valence-corrected chi connectivity index (χ4v) is 3.41. The molecule has 0 spiro atoms. The Bertz CT molecular complexity index is 1010. The summed E-state index contributed by atoms with van der Waals surface area (Å²) in [7, 11) is 0. The van der Waals surface area contributed by atoms with E-state index in [0.29, 0.717) is 24.7 Å². The Balaban J connectivity index is 1.91. The van der Waals surface area contributed by atoms with Crippen LogP contribution in [-0.4, -0.2) is 36.1 Å². The van der Waals surface area contributed by atoms with Crippen molar-refractivity contribution < 1.29 is 28.7 Å². The number of carbonyl (C=O) groups excluding carboxylic acids is 2. The normalized spacial score (nSPS) is 13.4. The molecule has 0 saturated heterocycles. The van der Waals surface area contributed by atoms with Crippen molar-refractivity contribution in [1.29, 1.82) is 0 Å². The molecule has 1 unspecified atom stereocenters. The van der Waals surface area contributed by atoms with Crippen LogP contribution in [0.4, 0.5) is 5.69 Å². The van der Waals surface area contributed by atoms with Gasteiger partial charge in [-0.05, 0) is 26.0 Å². The molecule has 2 aromatic carbocycles. The molecule has 10 heteroatoms. The van der Waals surface area contributed by atoms with Gasteiger partial charge in [0.25, 0.3) is 11.6 Å². The lowest BCUT2D eigenvalue weighted by Gasteiger charge is -2.22. The van der Waals surface area contributed by atoms with Crippen LogP contribution in [0.3, 0.4) is 0 Å². The number of halogens is 1. The van der Waals surface area contributed by atoms with E-state index in [4.69, 9.17) is 25.8 Å². The second-order valence-corrected chi connectivity index (χ2v) is 7.47. The molecule has 1 N–H and O–H groups in total. The number of para-hydroxylation sites is 1. The molecule has 1 aliphatic heterocycles. The van der Waals surface area contributed by atoms with E-state index in [1.165, 1.54) is 30.3 Å². The Morgan fingerprint density at radius 3 is 2.65 bits per heavy atom. The van der Waals surface area contributed by atoms with Gasteiger partial charge in [-0.15, -0.1) is 0 Å². The first-order chi connectivity index (χ1) is 14.8. The molecular formula is C21H21ClN2O7. The molecule has 2 aromatic rings. The SMILES string of the molecule is CC(C)OC(=O)CC(NC(=O)c1cc(Cl)c2c(c1)OCCO2)c1ccccc1[N+](=O)[O-]. The van der Waals surface area contributed by atoms with Crippen molar-refractivity contribution in [2.75, 3.05) is 13.2 Å². The molecular weight excluding hydrogens is 428 g/mol. The molecule has 1 atom stereocenters. The van der Waals surface area contributed by atoms with Gasteiger partial charge < -0.3 is 19.5 Å². The Labute approximate surface area is 183 Å². The molecule has 0 fully saturated rings. The Hall–Kier alpha value is -3.33. The molecule has 1 aliphatic rings. The quantitative estimate of drug-likeness (QED) is 0.388. The van der Waals surface area contributed by atoms with Crippen molar-refractivity contribution in [2.24, 2.45) is 0 Å². The van der Waals surface area contributed by atoms with Crippen molar-refractivity contribution in [3.8, 4) is 11.5 Å². The van der Waals surface area contributed by atoms with Gasteiger partial charge in [0.15, 0.2) is 11.5 Å². The number of ether oxygens (including phenoxy) is 3. The van der Waals surface area contributed by atoms with Gasteiger partial charge in [-0.25, -0.2) is 0 Å². The van der Waals surface area contributed by atoms with Crippen molar-refractivity contribution in [1.82, 2.24) is 5.32 Å². The summed E-state index contributed by atoms with van der Waals surface area (Å²) >= 11 is 6.20. The van der Waals surface area contributed by atoms with Crippen LogP contribution in [0.1, 0.15) is 42.2 Å². The van der Waals surface area contributed by atoms with Gasteiger partial charge in [-0.2, -0.15) is 0 Å². The first kappa shape index (κ1) is 22.4. The lowest BCUT2D eigenvalue weighted by molar-refractivity contribution is -0.385. The molecule has 0 saturated carbocycles. The highest BCUT2D eigenvalue weighted by atomic mass is 35.5. The molecule has 3 rings (SSSR count). The highest BCUT2D eigenvalue weighted by Crippen LogP contribution is 2.38. The highest BCUT2D eigenvalue weighted by molar-refractivity contribution is 6.32. The lowest BCUT2D eigenvalue weighted by atomic mass is 10.0. The first-order valence-electron chi connectivity index (χ1n) is 9.59. The number of fused-ring (bicyclic) bond motifs is 1. The van der Waals surface area contributed by atoms with Gasteiger partial charge in [0.1, 0.15) is 13.2 Å². The second kappa shape index (κ2) is 9.65. The summed E-state index contributed by atoms with van der Waals surface area (Å²) in [5, 5.41) is 14.4. The molecule has 9 nitrogen and oxygen atoms in total. The molecule has 0 aliphatic carbocycles. The average Bonchev–Trinajstić information content (AvgIpc) is 2.72. The van der Waals surface area contributed by atoms with E-state index < -0.39 is 22.8 Å². The van der Waals surface area contributed by atoms with Crippen LogP contribution < -0.4 is 14.8 Å². The number of hydrogen-bond acceptors (Lipinski definition) is 7. The summed E-state index contributed by atoms with van der Waals surface area (Å²) < 4.78 is 16.1. The van der Waals surface area contributed by atoms with Crippen molar-refractivity contribution in [2.45, 2.75) is 32.4 Å². The lowest BCUT2D eigenvalue weighted by Crippen LogP contribution is -2.31. The minimum Gasteiger partial charge on any atom is -0.486 e. The predicted octanol–water partition coefficient (Wildman–Crippen LogP) is 3.83. The highest BCUT2D eigenvalue weighted by Gasteiger charge is 2.28. The number of amides is 1. The topological polar surface area (TPSA) is 117 Å². The predicted molar refractivity (Wildman–Crippen MR) is 112 cm³/mol. The zero-order valence-corrected chi connectivity index (χ0v) is 17.7. The third-order valence-corrected chi connectivity index (χ3v) is 4.69. The van der Waals surface area contributed by atoms with Gasteiger partial charge >= 0.3 is 5.97 Å². The number of hydrogen-bond donors (Lipinski definition) is 1. The van der Waals surface area contributed by atoms with Crippen molar-refractivity contribution in [3.05, 3.63) is 62.7 Å². The number of benzene rings is 2. The average molecular weight is 449 g/mol. The number of nitrogens with zero attached hydrogens (tertiary/aromatic N) is 1. The molecule has 1 amide bonds. The fraction of sp³-hybridized carbons (Fsp3) is 0.333. The zero-order chi connectivity index (χ0) is 22.5. The van der Waals surface area contributed by atoms with Gasteiger partial charge in [-0.1, -0.05) is 29.8 Å². The van der Waals surface area contributed by atoms with Gasteiger partial charge in [0, 0.05) is 11.6 Å². The van der Waals surface area contributed by atoms with E-state index in [2.05, 4.69) is 5.32 Å². The van der Waals surface area contributed by atoms with Crippen LogP contribution in [0.25, 0.3) is 0 Å². The Kier molecular flexibility index (Phi) is 6.96. The third-order valence-electron chi connectivity index (χ3n) is 4.41. The van der Waals surface area contributed by atoms with E-state index >= 15 is 0 Å². The molecule has 0 aromatic heterocycles. The van der Waals surface area contributed by atoms with Crippen LogP contribution in [0.5, 0.6) is 11.5 Å². The maximum absolute atomic E-state index is 13.0. The maximum atomic E-state index is 13.0. The smallest absolute Gasteiger partial charge is 0.308 e. The molecule has 31 heavy (non-hydrogen) atoms. The van der Waals surface area contributed by atoms with Gasteiger partial charge in [-0.3, -0.25) is 19.7 Å². The molecule has 1 heterocycles. The maximum Gasteiger partial charge on any atom is 0.308 e. The summed E-state index contributed by atoms with van der Waals surface area (Å²) in [5.41, 5.74) is 0.130. The summed E-state index contributed by atoms with van der Waals surface area (Å²) in [6.07, 6.45) is -0.654. The number of rotatable bonds is 7. The van der Waals surface area contributed by atoms with E-state index in [1.807, 2.05) is 0 Å². The Morgan fingerprint density at radius 2 is 1.94 bits per heavy atom. The standard InChI is InChI=1S/C21H21ClN2O7/c1-12(2)31-19(25)11-16(14-5-3-4-6-17(14)24(27)28)23-21(26)13-9-15(22)20-18(10-13)29-7-8-30-20/h3-6,9-10,12,16H,7-8,11H2,1-2H3,(H,23,26). The zero-order valence-electron chi connectivity index (χ0n) is 16.9. The summed E-state index contributed by atoms with van der Waals surface area (Å²) in [6.45, 7) is 4.03. The third kappa shape index (κ3) is 5.43. The summed E-state index contributed by atoms with van der Waals surface area (Å²) in [5.74, 6) is -0.511. The minimum atomic E-state index is -0.993. The molecule has 0 bridgehead atoms. The number of nitrogens with one attached hydrogen (secondary N) is 1. The summed E-state index contributed by atoms with van der Waals surface area (Å²) in [4.78, 5) is 36.2. The Morgan fingerprint density at radius 1 is 1.23 bits per heavy atom. The number of nitro groups is 1. The van der Waals surface area contributed by atoms with Crippen LogP contribution in [0.2, 0.25) is 5.02 Å². The first-order valence-corrected chi connectivity index (χ1v) is 9.97. The van der Waals surface area contributed by atoms with Gasteiger partial charge in [0.2, 0.25) is 0 Å². The van der Waals surface area contributed by atoms with Crippen molar-refractivity contribution in [3.63, 3.8) is 0 Å². The van der Waals surface area contributed by atoms with Gasteiger partial charge in [0.05, 0.1) is 34.1 Å². The van der Waals surface area contributed by atoms with Crippen LogP contribution in [0.15, 0.2) is 36.4 Å². The monoisotopic (exact) mass is 448 g/mol. The summed E-state index contributed by atoms with van der Waals surface area (Å²) in [6, 6.07) is 7.79. The number of carbonyl (C=O) groups is 2. The molecule has 164 valence electrons. The molecule has 0 radical (unpaired) electrons. The van der Waals surface area contributed by atoms with E-state index in [9.17, 15) is 19.7 Å². The number of nitro benzene ring substituents is 1. The van der Waals surface area contributed by atoms with E-state index in [-0.39, 0.29) is 34.4 Å². The number of esters is 1.